The van der Waals surface area contributed by atoms with Crippen LogP contribution in [0, 0.1) is 6.92 Å². The molecule has 1 aliphatic heterocycles. The molecular formula is C15H25N5O. The molecule has 1 amide bonds. The Morgan fingerprint density at radius 1 is 1.38 bits per heavy atom. The van der Waals surface area contributed by atoms with Crippen LogP contribution in [-0.4, -0.2) is 35.5 Å². The number of amides is 1. The fourth-order valence-electron chi connectivity index (χ4n) is 2.68. The third kappa shape index (κ3) is 2.94. The summed E-state index contributed by atoms with van der Waals surface area (Å²) in [7, 11) is 1.85. The summed E-state index contributed by atoms with van der Waals surface area (Å²) >= 11 is 0. The smallest absolute Gasteiger partial charge is 0.240 e. The molecule has 2 heterocycles. The van der Waals surface area contributed by atoms with Crippen LogP contribution in [-0.2, 0) is 10.2 Å². The molecule has 0 aromatic carbocycles. The van der Waals surface area contributed by atoms with Gasteiger partial charge in [-0.2, -0.15) is 0 Å². The Balaban J connectivity index is 2.54. The van der Waals surface area contributed by atoms with E-state index in [0.717, 1.165) is 42.4 Å². The van der Waals surface area contributed by atoms with Crippen molar-refractivity contribution in [2.75, 3.05) is 23.8 Å². The van der Waals surface area contributed by atoms with E-state index in [1.54, 1.807) is 0 Å². The van der Waals surface area contributed by atoms with Gasteiger partial charge in [-0.05, 0) is 19.8 Å². The van der Waals surface area contributed by atoms with E-state index < -0.39 is 0 Å². The van der Waals surface area contributed by atoms with Gasteiger partial charge in [-0.15, -0.1) is 0 Å². The molecule has 0 radical (unpaired) electrons. The second-order valence-electron chi connectivity index (χ2n) is 6.60. The molecule has 0 aliphatic carbocycles. The van der Waals surface area contributed by atoms with Crippen molar-refractivity contribution in [3.8, 4) is 0 Å². The van der Waals surface area contributed by atoms with Gasteiger partial charge in [0.25, 0.3) is 0 Å². The lowest BCUT2D eigenvalue weighted by Crippen LogP contribution is -2.41. The van der Waals surface area contributed by atoms with Crippen LogP contribution in [0.25, 0.3) is 0 Å². The third-order valence-electron chi connectivity index (χ3n) is 3.88. The molecule has 2 rings (SSSR count). The van der Waals surface area contributed by atoms with E-state index in [-0.39, 0.29) is 17.4 Å². The molecule has 0 spiro atoms. The monoisotopic (exact) mass is 291 g/mol. The maximum absolute atomic E-state index is 11.7. The normalized spacial score (nSPS) is 18.9. The van der Waals surface area contributed by atoms with Crippen LogP contribution in [0.4, 0.5) is 11.6 Å². The average molecular weight is 291 g/mol. The maximum Gasteiger partial charge on any atom is 0.240 e. The number of carbonyl (C=O) groups excluding carboxylic acids is 1. The van der Waals surface area contributed by atoms with Crippen LogP contribution >= 0.6 is 0 Å². The molecule has 116 valence electrons. The molecular weight excluding hydrogens is 266 g/mol. The lowest BCUT2D eigenvalue weighted by molar-refractivity contribution is -0.119. The number of carbonyl (C=O) groups is 1. The van der Waals surface area contributed by atoms with Gasteiger partial charge in [0.15, 0.2) is 0 Å². The first-order chi connectivity index (χ1) is 9.75. The molecule has 0 saturated carbocycles. The molecule has 3 N–H and O–H groups in total. The molecule has 1 aromatic heterocycles. The van der Waals surface area contributed by atoms with Crippen LogP contribution in [0.2, 0.25) is 0 Å². The first kappa shape index (κ1) is 15.5. The highest BCUT2D eigenvalue weighted by Crippen LogP contribution is 2.32. The van der Waals surface area contributed by atoms with Gasteiger partial charge >= 0.3 is 0 Å². The molecule has 1 aliphatic rings. The molecule has 1 fully saturated rings. The van der Waals surface area contributed by atoms with E-state index in [9.17, 15) is 4.79 Å². The lowest BCUT2D eigenvalue weighted by Gasteiger charge is -2.28. The third-order valence-corrected chi connectivity index (χ3v) is 3.88. The summed E-state index contributed by atoms with van der Waals surface area (Å²) in [6, 6.07) is -0.267. The van der Waals surface area contributed by atoms with Crippen molar-refractivity contribution in [2.24, 2.45) is 5.73 Å². The van der Waals surface area contributed by atoms with Crippen LogP contribution in [0.3, 0.4) is 0 Å². The summed E-state index contributed by atoms with van der Waals surface area (Å²) in [6.07, 6.45) is 1.75. The molecule has 1 unspecified atom stereocenters. The zero-order valence-corrected chi connectivity index (χ0v) is 13.5. The summed E-state index contributed by atoms with van der Waals surface area (Å²) < 4.78 is 0. The summed E-state index contributed by atoms with van der Waals surface area (Å²) in [5.41, 5.74) is 6.33. The highest BCUT2D eigenvalue weighted by atomic mass is 16.1. The van der Waals surface area contributed by atoms with Gasteiger partial charge in [0, 0.05) is 24.6 Å². The first-order valence-electron chi connectivity index (χ1n) is 7.38. The zero-order valence-electron chi connectivity index (χ0n) is 13.5. The van der Waals surface area contributed by atoms with Crippen LogP contribution in [0.15, 0.2) is 0 Å². The first-order valence-corrected chi connectivity index (χ1v) is 7.38. The Kier molecular flexibility index (Phi) is 4.07. The van der Waals surface area contributed by atoms with Crippen molar-refractivity contribution in [3.05, 3.63) is 11.4 Å². The standard InChI is InChI=1S/C15H25N5O/c1-9-12(17-5)18-14(15(2,3)4)19-13(9)20-8-6-7-10(20)11(16)21/h10H,6-8H2,1-5H3,(H2,16,21)(H,17,18,19). The van der Waals surface area contributed by atoms with Crippen LogP contribution in [0.1, 0.15) is 45.0 Å². The number of nitrogens with zero attached hydrogens (tertiary/aromatic N) is 3. The molecule has 1 saturated heterocycles. The van der Waals surface area contributed by atoms with Gasteiger partial charge in [0.1, 0.15) is 23.5 Å². The molecule has 6 heteroatoms. The Bertz CT molecular complexity index is 550. The molecule has 6 nitrogen and oxygen atoms in total. The number of nitrogens with one attached hydrogen (secondary N) is 1. The number of primary amides is 1. The Morgan fingerprint density at radius 2 is 2.05 bits per heavy atom. The fourth-order valence-corrected chi connectivity index (χ4v) is 2.68. The topological polar surface area (TPSA) is 84.1 Å². The molecule has 1 atom stereocenters. The quantitative estimate of drug-likeness (QED) is 0.883. The van der Waals surface area contributed by atoms with Gasteiger partial charge in [0.2, 0.25) is 5.91 Å². The largest absolute Gasteiger partial charge is 0.373 e. The van der Waals surface area contributed by atoms with E-state index in [1.807, 2.05) is 18.9 Å². The molecule has 1 aromatic rings. The van der Waals surface area contributed by atoms with E-state index >= 15 is 0 Å². The molecule has 0 bridgehead atoms. The Hall–Kier alpha value is -1.85. The van der Waals surface area contributed by atoms with Crippen molar-refractivity contribution in [2.45, 2.75) is 52.0 Å². The fraction of sp³-hybridized carbons (Fsp3) is 0.667. The van der Waals surface area contributed by atoms with Crippen molar-refractivity contribution >= 4 is 17.5 Å². The van der Waals surface area contributed by atoms with E-state index in [2.05, 4.69) is 31.1 Å². The van der Waals surface area contributed by atoms with Crippen molar-refractivity contribution in [3.63, 3.8) is 0 Å². The molecule has 21 heavy (non-hydrogen) atoms. The maximum atomic E-state index is 11.7. The average Bonchev–Trinajstić information content (AvgIpc) is 2.86. The Labute approximate surface area is 126 Å². The van der Waals surface area contributed by atoms with E-state index in [1.165, 1.54) is 0 Å². The van der Waals surface area contributed by atoms with E-state index in [4.69, 9.17) is 10.7 Å². The van der Waals surface area contributed by atoms with Crippen LogP contribution < -0.4 is 16.0 Å². The van der Waals surface area contributed by atoms with Crippen molar-refractivity contribution in [1.82, 2.24) is 9.97 Å². The summed E-state index contributed by atoms with van der Waals surface area (Å²) in [5, 5.41) is 3.12. The second kappa shape index (κ2) is 5.50. The lowest BCUT2D eigenvalue weighted by atomic mass is 9.95. The predicted molar refractivity (Wildman–Crippen MR) is 84.6 cm³/mol. The van der Waals surface area contributed by atoms with Gasteiger partial charge in [-0.25, -0.2) is 9.97 Å². The number of nitrogens with two attached hydrogens (primary N) is 1. The summed E-state index contributed by atoms with van der Waals surface area (Å²) in [4.78, 5) is 23.0. The van der Waals surface area contributed by atoms with Gasteiger partial charge in [-0.1, -0.05) is 20.8 Å². The second-order valence-corrected chi connectivity index (χ2v) is 6.60. The predicted octanol–water partition coefficient (Wildman–Crippen LogP) is 1.58. The minimum atomic E-state index is -0.283. The van der Waals surface area contributed by atoms with Gasteiger partial charge < -0.3 is 16.0 Å². The number of hydrogen-bond acceptors (Lipinski definition) is 5. The Morgan fingerprint density at radius 3 is 2.57 bits per heavy atom. The van der Waals surface area contributed by atoms with E-state index in [0.29, 0.717) is 0 Å². The van der Waals surface area contributed by atoms with Gasteiger partial charge in [0.05, 0.1) is 0 Å². The minimum Gasteiger partial charge on any atom is -0.373 e. The number of aromatic nitrogens is 2. The SMILES string of the molecule is CNc1nc(C(C)(C)C)nc(N2CCCC2C(N)=O)c1C. The number of rotatable bonds is 3. The highest BCUT2D eigenvalue weighted by Gasteiger charge is 2.32. The minimum absolute atomic E-state index is 0.157. The van der Waals surface area contributed by atoms with Crippen molar-refractivity contribution < 1.29 is 4.79 Å². The van der Waals surface area contributed by atoms with Gasteiger partial charge in [-0.3, -0.25) is 4.79 Å². The number of hydrogen-bond donors (Lipinski definition) is 2. The highest BCUT2D eigenvalue weighted by molar-refractivity contribution is 5.84. The van der Waals surface area contributed by atoms with Crippen LogP contribution in [0.5, 0.6) is 0 Å². The van der Waals surface area contributed by atoms with Crippen molar-refractivity contribution in [1.29, 1.82) is 0 Å². The summed E-state index contributed by atoms with van der Waals surface area (Å²) in [5.74, 6) is 2.11. The zero-order chi connectivity index (χ0) is 15.8. The summed E-state index contributed by atoms with van der Waals surface area (Å²) in [6.45, 7) is 9.02. The number of anilines is 2.